The molecular formula is C16H20F2N2O2. The van der Waals surface area contributed by atoms with E-state index in [1.54, 1.807) is 4.90 Å². The van der Waals surface area contributed by atoms with Gasteiger partial charge >= 0.3 is 6.03 Å². The Kier molecular flexibility index (Phi) is 3.70. The second kappa shape index (κ2) is 5.41. The van der Waals surface area contributed by atoms with Crippen LogP contribution in [0.25, 0.3) is 0 Å². The third-order valence-corrected chi connectivity index (χ3v) is 4.81. The molecule has 2 amide bonds. The van der Waals surface area contributed by atoms with Crippen LogP contribution in [0.3, 0.4) is 0 Å². The molecule has 6 heteroatoms. The minimum Gasteiger partial charge on any atom is -0.488 e. The van der Waals surface area contributed by atoms with Crippen molar-refractivity contribution in [3.8, 4) is 5.75 Å². The number of likely N-dealkylation sites (tertiary alicyclic amines) is 1. The van der Waals surface area contributed by atoms with Crippen LogP contribution in [0, 0.1) is 11.6 Å². The second-order valence-corrected chi connectivity index (χ2v) is 6.11. The lowest BCUT2D eigenvalue weighted by Gasteiger charge is -2.51. The lowest BCUT2D eigenvalue weighted by Crippen LogP contribution is -2.62. The second-order valence-electron chi connectivity index (χ2n) is 6.11. The van der Waals surface area contributed by atoms with Gasteiger partial charge in [0.05, 0.1) is 6.04 Å². The van der Waals surface area contributed by atoms with E-state index in [2.05, 4.69) is 5.32 Å². The highest BCUT2D eigenvalue weighted by molar-refractivity contribution is 5.75. The Balaban J connectivity index is 2.05. The van der Waals surface area contributed by atoms with Gasteiger partial charge in [0.15, 0.2) is 11.6 Å². The van der Waals surface area contributed by atoms with Gasteiger partial charge in [0.25, 0.3) is 0 Å². The van der Waals surface area contributed by atoms with Crippen LogP contribution in [-0.2, 0) is 5.41 Å². The zero-order valence-electron chi connectivity index (χ0n) is 12.8. The van der Waals surface area contributed by atoms with Gasteiger partial charge in [-0.15, -0.1) is 0 Å². The van der Waals surface area contributed by atoms with Crippen LogP contribution in [-0.4, -0.2) is 36.7 Å². The third-order valence-electron chi connectivity index (χ3n) is 4.81. The number of nitrogens with one attached hydrogen (secondary N) is 1. The lowest BCUT2D eigenvalue weighted by atomic mass is 9.68. The minimum atomic E-state index is -0.636. The summed E-state index contributed by atoms with van der Waals surface area (Å²) in [7, 11) is 0. The first-order valence-electron chi connectivity index (χ1n) is 7.64. The van der Waals surface area contributed by atoms with Crippen molar-refractivity contribution >= 4 is 6.03 Å². The smallest absolute Gasteiger partial charge is 0.317 e. The molecule has 3 rings (SSSR count). The molecule has 0 radical (unpaired) electrons. The van der Waals surface area contributed by atoms with Crippen molar-refractivity contribution < 1.29 is 18.3 Å². The van der Waals surface area contributed by atoms with E-state index < -0.39 is 17.0 Å². The van der Waals surface area contributed by atoms with Gasteiger partial charge in [-0.3, -0.25) is 0 Å². The fraction of sp³-hybridized carbons (Fsp3) is 0.562. The molecule has 2 atom stereocenters. The van der Waals surface area contributed by atoms with Gasteiger partial charge in [-0.1, -0.05) is 6.92 Å². The number of ether oxygens (including phenoxy) is 1. The fourth-order valence-electron chi connectivity index (χ4n) is 3.71. The van der Waals surface area contributed by atoms with Gasteiger partial charge in [-0.2, -0.15) is 0 Å². The fourth-order valence-corrected chi connectivity index (χ4v) is 3.71. The lowest BCUT2D eigenvalue weighted by molar-refractivity contribution is 0.0406. The van der Waals surface area contributed by atoms with Gasteiger partial charge in [0.1, 0.15) is 12.4 Å². The molecule has 0 saturated carbocycles. The van der Waals surface area contributed by atoms with E-state index in [0.717, 1.165) is 18.6 Å². The van der Waals surface area contributed by atoms with Crippen molar-refractivity contribution in [2.45, 2.75) is 38.1 Å². The first-order chi connectivity index (χ1) is 10.5. The first kappa shape index (κ1) is 15.1. The number of fused-ring (bicyclic) bond motifs is 3. The minimum absolute atomic E-state index is 0.00324. The van der Waals surface area contributed by atoms with Gasteiger partial charge in [-0.25, -0.2) is 13.6 Å². The Bertz CT molecular complexity index is 608. The highest BCUT2D eigenvalue weighted by atomic mass is 19.1. The molecule has 1 fully saturated rings. The Morgan fingerprint density at radius 2 is 2.18 bits per heavy atom. The summed E-state index contributed by atoms with van der Waals surface area (Å²) in [5.74, 6) is -1.02. The molecule has 1 aromatic rings. The predicted octanol–water partition coefficient (Wildman–Crippen LogP) is 2.81. The van der Waals surface area contributed by atoms with Crippen molar-refractivity contribution in [3.63, 3.8) is 0 Å². The SMILES string of the molecule is CCNC(=O)N1CCC[C@@]2(C)c3c(F)ccc(F)c3OCC12. The summed E-state index contributed by atoms with van der Waals surface area (Å²) in [6, 6.07) is 1.75. The average Bonchev–Trinajstić information content (AvgIpc) is 2.49. The van der Waals surface area contributed by atoms with Crippen LogP contribution in [0.1, 0.15) is 32.3 Å². The molecule has 0 aromatic heterocycles. The maximum Gasteiger partial charge on any atom is 0.317 e. The zero-order valence-corrected chi connectivity index (χ0v) is 12.8. The van der Waals surface area contributed by atoms with Crippen molar-refractivity contribution in [1.82, 2.24) is 10.2 Å². The Morgan fingerprint density at radius 3 is 2.91 bits per heavy atom. The summed E-state index contributed by atoms with van der Waals surface area (Å²) in [5, 5.41) is 2.78. The molecule has 1 saturated heterocycles. The van der Waals surface area contributed by atoms with Crippen LogP contribution < -0.4 is 10.1 Å². The number of piperidine rings is 1. The number of carbonyl (C=O) groups excluding carboxylic acids is 1. The number of hydrogen-bond donors (Lipinski definition) is 1. The molecule has 0 bridgehead atoms. The normalized spacial score (nSPS) is 26.7. The number of halogens is 2. The molecule has 1 N–H and O–H groups in total. The largest absolute Gasteiger partial charge is 0.488 e. The number of urea groups is 1. The van der Waals surface area contributed by atoms with Gasteiger partial charge < -0.3 is 15.0 Å². The van der Waals surface area contributed by atoms with E-state index in [0.29, 0.717) is 19.5 Å². The third kappa shape index (κ3) is 2.12. The zero-order chi connectivity index (χ0) is 15.9. The molecule has 2 aliphatic rings. The molecule has 120 valence electrons. The number of rotatable bonds is 1. The molecule has 0 aliphatic carbocycles. The monoisotopic (exact) mass is 310 g/mol. The predicted molar refractivity (Wildman–Crippen MR) is 78.0 cm³/mol. The Morgan fingerprint density at radius 1 is 1.45 bits per heavy atom. The maximum atomic E-state index is 14.4. The number of carbonyl (C=O) groups is 1. The number of nitrogens with zero attached hydrogens (tertiary/aromatic N) is 1. The van der Waals surface area contributed by atoms with Gasteiger partial charge in [-0.05, 0) is 31.9 Å². The number of amides is 2. The summed E-state index contributed by atoms with van der Waals surface area (Å²) in [6.45, 7) is 5.05. The van der Waals surface area contributed by atoms with Crippen LogP contribution in [0.15, 0.2) is 12.1 Å². The van der Waals surface area contributed by atoms with Crippen molar-refractivity contribution in [1.29, 1.82) is 0 Å². The molecule has 4 nitrogen and oxygen atoms in total. The molecule has 2 aliphatic heterocycles. The van der Waals surface area contributed by atoms with E-state index in [1.165, 1.54) is 0 Å². The topological polar surface area (TPSA) is 41.6 Å². The van der Waals surface area contributed by atoms with Crippen molar-refractivity contribution in [2.24, 2.45) is 0 Å². The molecule has 1 aromatic carbocycles. The van der Waals surface area contributed by atoms with E-state index in [4.69, 9.17) is 4.74 Å². The summed E-state index contributed by atoms with van der Waals surface area (Å²) < 4.78 is 33.8. The first-order valence-corrected chi connectivity index (χ1v) is 7.64. The molecule has 1 unspecified atom stereocenters. The van der Waals surface area contributed by atoms with Crippen LogP contribution in [0.5, 0.6) is 5.75 Å². The van der Waals surface area contributed by atoms with Gasteiger partial charge in [0, 0.05) is 24.1 Å². The molecular weight excluding hydrogens is 290 g/mol. The van der Waals surface area contributed by atoms with Crippen LogP contribution in [0.4, 0.5) is 13.6 Å². The summed E-state index contributed by atoms with van der Waals surface area (Å²) in [4.78, 5) is 13.9. The molecule has 22 heavy (non-hydrogen) atoms. The highest BCUT2D eigenvalue weighted by Crippen LogP contribution is 2.48. The maximum absolute atomic E-state index is 14.4. The summed E-state index contributed by atoms with van der Waals surface area (Å²) in [6.07, 6.45) is 1.45. The number of benzene rings is 1. The van der Waals surface area contributed by atoms with E-state index in [9.17, 15) is 13.6 Å². The van der Waals surface area contributed by atoms with Crippen LogP contribution in [0.2, 0.25) is 0 Å². The summed E-state index contributed by atoms with van der Waals surface area (Å²) in [5.41, 5.74) is -0.374. The Hall–Kier alpha value is -1.85. The quantitative estimate of drug-likeness (QED) is 0.866. The summed E-state index contributed by atoms with van der Waals surface area (Å²) >= 11 is 0. The van der Waals surface area contributed by atoms with E-state index in [-0.39, 0.29) is 30.0 Å². The average molecular weight is 310 g/mol. The Labute approximate surface area is 128 Å². The van der Waals surface area contributed by atoms with Gasteiger partial charge in [0.2, 0.25) is 0 Å². The van der Waals surface area contributed by atoms with Crippen molar-refractivity contribution in [2.75, 3.05) is 19.7 Å². The van der Waals surface area contributed by atoms with E-state index in [1.807, 2.05) is 13.8 Å². The molecule has 0 spiro atoms. The standard InChI is InChI=1S/C16H20F2N2O2/c1-3-19-15(21)20-8-4-7-16(2)12(20)9-22-14-11(18)6-5-10(17)13(14)16/h5-6,12H,3-4,7-9H2,1-2H3,(H,19,21)/t12?,16-/m1/s1. The number of hydrogen-bond acceptors (Lipinski definition) is 2. The van der Waals surface area contributed by atoms with Crippen molar-refractivity contribution in [3.05, 3.63) is 29.3 Å². The van der Waals surface area contributed by atoms with Crippen LogP contribution >= 0.6 is 0 Å². The van der Waals surface area contributed by atoms with E-state index >= 15 is 0 Å². The highest BCUT2D eigenvalue weighted by Gasteiger charge is 2.50. The molecule has 2 heterocycles.